The maximum atomic E-state index is 11.6. The van der Waals surface area contributed by atoms with E-state index in [1.807, 2.05) is 24.3 Å². The maximum Gasteiger partial charge on any atom is 0.226 e. The van der Waals surface area contributed by atoms with Crippen LogP contribution in [0.5, 0.6) is 0 Å². The van der Waals surface area contributed by atoms with Crippen LogP contribution in [0.25, 0.3) is 11.3 Å². The summed E-state index contributed by atoms with van der Waals surface area (Å²) >= 11 is 0. The number of sulfone groups is 1. The molecule has 1 saturated heterocycles. The van der Waals surface area contributed by atoms with Crippen LogP contribution in [0.4, 0.5) is 5.95 Å². The summed E-state index contributed by atoms with van der Waals surface area (Å²) in [5, 5.41) is 0. The Bertz CT molecular complexity index is 924. The van der Waals surface area contributed by atoms with Crippen molar-refractivity contribution in [3.05, 3.63) is 41.1 Å². The lowest BCUT2D eigenvalue weighted by Gasteiger charge is -2.39. The number of fused-ring (bicyclic) bond motifs is 1. The molecule has 4 rings (SSSR count). The highest BCUT2D eigenvalue weighted by atomic mass is 32.2. The molecular weight excluding hydrogens is 334 g/mol. The first kappa shape index (κ1) is 16.5. The van der Waals surface area contributed by atoms with Crippen molar-refractivity contribution in [1.82, 2.24) is 9.97 Å². The van der Waals surface area contributed by atoms with Crippen LogP contribution in [-0.4, -0.2) is 37.2 Å². The average Bonchev–Trinajstić information content (AvgIpc) is 2.99. The molecular formula is C19H23N3O2S. The second-order valence-corrected chi connectivity index (χ2v) is 9.39. The number of hydrogen-bond donors (Lipinski definition) is 0. The zero-order valence-electron chi connectivity index (χ0n) is 14.7. The normalized spacial score (nSPS) is 19.6. The third-order valence-electron chi connectivity index (χ3n) is 5.13. The van der Waals surface area contributed by atoms with Crippen LogP contribution >= 0.6 is 0 Å². The molecule has 0 saturated carbocycles. The van der Waals surface area contributed by atoms with E-state index < -0.39 is 9.84 Å². The largest absolute Gasteiger partial charge is 0.338 e. The molecule has 1 aromatic carbocycles. The summed E-state index contributed by atoms with van der Waals surface area (Å²) in [5.74, 6) is 0.882. The molecule has 1 fully saturated rings. The van der Waals surface area contributed by atoms with Gasteiger partial charge in [-0.3, -0.25) is 0 Å². The number of nitrogens with zero attached hydrogens (tertiary/aromatic N) is 3. The molecule has 0 radical (unpaired) electrons. The van der Waals surface area contributed by atoms with Gasteiger partial charge in [0.25, 0.3) is 0 Å². The Hall–Kier alpha value is -1.95. The van der Waals surface area contributed by atoms with Crippen molar-refractivity contribution in [2.75, 3.05) is 17.7 Å². The summed E-state index contributed by atoms with van der Waals surface area (Å²) in [5.41, 5.74) is 5.17. The monoisotopic (exact) mass is 357 g/mol. The predicted octanol–water partition coefficient (Wildman–Crippen LogP) is 2.78. The highest BCUT2D eigenvalue weighted by molar-refractivity contribution is 7.89. The topological polar surface area (TPSA) is 63.2 Å². The second-order valence-electron chi connectivity index (χ2n) is 7.25. The van der Waals surface area contributed by atoms with Crippen LogP contribution in [0.2, 0.25) is 0 Å². The minimum atomic E-state index is -3.05. The molecule has 2 heterocycles. The Morgan fingerprint density at radius 1 is 1.24 bits per heavy atom. The predicted molar refractivity (Wildman–Crippen MR) is 99.5 cm³/mol. The van der Waals surface area contributed by atoms with E-state index in [-0.39, 0.29) is 5.75 Å². The second kappa shape index (κ2) is 6.09. The van der Waals surface area contributed by atoms with Gasteiger partial charge in [-0.05, 0) is 44.2 Å². The van der Waals surface area contributed by atoms with Crippen LogP contribution in [-0.2, 0) is 28.4 Å². The molecule has 0 N–H and O–H groups in total. The third kappa shape index (κ3) is 3.27. The van der Waals surface area contributed by atoms with Crippen LogP contribution in [0.15, 0.2) is 24.3 Å². The molecule has 1 aliphatic heterocycles. The van der Waals surface area contributed by atoms with E-state index in [0.29, 0.717) is 6.04 Å². The fourth-order valence-corrected chi connectivity index (χ4v) is 4.50. The molecule has 2 aromatic rings. The van der Waals surface area contributed by atoms with Gasteiger partial charge in [-0.25, -0.2) is 18.4 Å². The van der Waals surface area contributed by atoms with Gasteiger partial charge in [0, 0.05) is 35.7 Å². The van der Waals surface area contributed by atoms with Crippen LogP contribution in [0.3, 0.4) is 0 Å². The van der Waals surface area contributed by atoms with Gasteiger partial charge in [-0.2, -0.15) is 0 Å². The Labute approximate surface area is 149 Å². The Morgan fingerprint density at radius 2 is 2.08 bits per heavy atom. The van der Waals surface area contributed by atoms with Gasteiger partial charge in [-0.15, -0.1) is 0 Å². The SMILES string of the molecule is C[C@H]1CCN1c1nc2c(c(-c3cccc(CS(C)(=O)=O)c3)n1)CCC2. The van der Waals surface area contributed by atoms with Crippen LogP contribution < -0.4 is 4.90 Å². The van der Waals surface area contributed by atoms with Gasteiger partial charge in [0.15, 0.2) is 9.84 Å². The first-order valence-corrected chi connectivity index (χ1v) is 10.9. The fourth-order valence-electron chi connectivity index (χ4n) is 3.71. The minimum absolute atomic E-state index is 0.0597. The van der Waals surface area contributed by atoms with Gasteiger partial charge in [0.1, 0.15) is 0 Å². The first-order valence-electron chi connectivity index (χ1n) is 8.84. The Morgan fingerprint density at radius 3 is 2.76 bits per heavy atom. The van der Waals surface area contributed by atoms with Crippen molar-refractivity contribution in [3.8, 4) is 11.3 Å². The molecule has 6 heteroatoms. The zero-order chi connectivity index (χ0) is 17.6. The van der Waals surface area contributed by atoms with Crippen molar-refractivity contribution in [2.45, 2.75) is 44.4 Å². The van der Waals surface area contributed by atoms with Gasteiger partial charge >= 0.3 is 0 Å². The zero-order valence-corrected chi connectivity index (χ0v) is 15.5. The summed E-state index contributed by atoms with van der Waals surface area (Å²) in [4.78, 5) is 12.0. The lowest BCUT2D eigenvalue weighted by molar-refractivity contribution is 0.470. The number of aryl methyl sites for hydroxylation is 1. The minimum Gasteiger partial charge on any atom is -0.338 e. The maximum absolute atomic E-state index is 11.6. The number of anilines is 1. The average molecular weight is 357 g/mol. The summed E-state index contributed by atoms with van der Waals surface area (Å²) in [6, 6.07) is 8.26. The smallest absolute Gasteiger partial charge is 0.226 e. The lowest BCUT2D eigenvalue weighted by Crippen LogP contribution is -2.46. The number of rotatable bonds is 4. The molecule has 132 valence electrons. The van der Waals surface area contributed by atoms with Crippen LogP contribution in [0, 0.1) is 0 Å². The first-order chi connectivity index (χ1) is 11.9. The van der Waals surface area contributed by atoms with E-state index in [1.54, 1.807) is 0 Å². The fraction of sp³-hybridized carbons (Fsp3) is 0.474. The van der Waals surface area contributed by atoms with E-state index in [2.05, 4.69) is 11.8 Å². The van der Waals surface area contributed by atoms with Gasteiger partial charge in [-0.1, -0.05) is 18.2 Å². The third-order valence-corrected chi connectivity index (χ3v) is 5.99. The Balaban J connectivity index is 1.78. The highest BCUT2D eigenvalue weighted by Crippen LogP contribution is 2.34. The number of hydrogen-bond acceptors (Lipinski definition) is 5. The molecule has 1 atom stereocenters. The van der Waals surface area contributed by atoms with Gasteiger partial charge < -0.3 is 4.90 Å². The van der Waals surface area contributed by atoms with Crippen molar-refractivity contribution in [2.24, 2.45) is 0 Å². The van der Waals surface area contributed by atoms with E-state index >= 15 is 0 Å². The summed E-state index contributed by atoms with van der Waals surface area (Å²) < 4.78 is 23.3. The molecule has 0 amide bonds. The summed E-state index contributed by atoms with van der Waals surface area (Å²) in [6.45, 7) is 3.21. The van der Waals surface area contributed by atoms with Crippen molar-refractivity contribution in [1.29, 1.82) is 0 Å². The quantitative estimate of drug-likeness (QED) is 0.842. The highest BCUT2D eigenvalue weighted by Gasteiger charge is 2.29. The van der Waals surface area contributed by atoms with Gasteiger partial charge in [0.2, 0.25) is 5.95 Å². The summed E-state index contributed by atoms with van der Waals surface area (Å²) in [6.07, 6.45) is 5.56. The van der Waals surface area contributed by atoms with Crippen molar-refractivity contribution in [3.63, 3.8) is 0 Å². The molecule has 1 aliphatic carbocycles. The van der Waals surface area contributed by atoms with Crippen molar-refractivity contribution >= 4 is 15.8 Å². The van der Waals surface area contributed by atoms with Crippen LogP contribution in [0.1, 0.15) is 36.6 Å². The van der Waals surface area contributed by atoms with E-state index in [4.69, 9.17) is 9.97 Å². The molecule has 0 bridgehead atoms. The molecule has 25 heavy (non-hydrogen) atoms. The molecule has 0 spiro atoms. The van der Waals surface area contributed by atoms with E-state index in [0.717, 1.165) is 54.3 Å². The van der Waals surface area contributed by atoms with Crippen molar-refractivity contribution < 1.29 is 8.42 Å². The van der Waals surface area contributed by atoms with E-state index in [1.165, 1.54) is 18.2 Å². The molecule has 1 aromatic heterocycles. The molecule has 2 aliphatic rings. The number of aromatic nitrogens is 2. The summed E-state index contributed by atoms with van der Waals surface area (Å²) in [7, 11) is -3.05. The molecule has 0 unspecified atom stereocenters. The molecule has 5 nitrogen and oxygen atoms in total. The van der Waals surface area contributed by atoms with E-state index in [9.17, 15) is 8.42 Å². The number of benzene rings is 1. The van der Waals surface area contributed by atoms with Gasteiger partial charge in [0.05, 0.1) is 11.4 Å². The Kier molecular flexibility index (Phi) is 4.02. The lowest BCUT2D eigenvalue weighted by atomic mass is 10.0. The standard InChI is InChI=1S/C19H23N3O2S/c1-13-9-10-22(13)19-20-17-8-4-7-16(17)18(21-19)15-6-3-5-14(11-15)12-25(2,23)24/h3,5-6,11,13H,4,7-10,12H2,1-2H3/t13-/m0/s1.